The maximum absolute atomic E-state index is 10.3. The van der Waals surface area contributed by atoms with Crippen molar-refractivity contribution in [2.75, 3.05) is 0 Å². The molecule has 5 nitrogen and oxygen atoms in total. The van der Waals surface area contributed by atoms with Crippen LogP contribution in [0.1, 0.15) is 11.4 Å². The van der Waals surface area contributed by atoms with E-state index in [2.05, 4.69) is 9.97 Å². The van der Waals surface area contributed by atoms with Gasteiger partial charge in [-0.25, -0.2) is 14.2 Å². The van der Waals surface area contributed by atoms with Gasteiger partial charge in [0.15, 0.2) is 11.1 Å². The third-order valence-electron chi connectivity index (χ3n) is 1.09. The maximum atomic E-state index is 10.3. The molecule has 0 saturated carbocycles. The van der Waals surface area contributed by atoms with Gasteiger partial charge in [0.2, 0.25) is 0 Å². The van der Waals surface area contributed by atoms with Gasteiger partial charge in [0, 0.05) is 12.4 Å². The van der Waals surface area contributed by atoms with E-state index in [1.165, 1.54) is 12.4 Å². The molecule has 6 heteroatoms. The van der Waals surface area contributed by atoms with Crippen molar-refractivity contribution in [2.24, 2.45) is 0 Å². The Hall–Kier alpha value is -1.32. The summed E-state index contributed by atoms with van der Waals surface area (Å²) < 4.78 is 18.7. The fourth-order valence-electron chi connectivity index (χ4n) is 0.597. The lowest BCUT2D eigenvalue weighted by Gasteiger charge is -1.93. The first-order valence-corrected chi connectivity index (χ1v) is 4.28. The summed E-state index contributed by atoms with van der Waals surface area (Å²) in [4.78, 5) is 7.41. The van der Waals surface area contributed by atoms with Crippen molar-refractivity contribution in [2.45, 2.75) is 5.75 Å². The van der Waals surface area contributed by atoms with Gasteiger partial charge < -0.3 is 4.55 Å². The van der Waals surface area contributed by atoms with Crippen molar-refractivity contribution in [3.63, 3.8) is 0 Å². The number of hydrogen-bond donors (Lipinski definition) is 1. The lowest BCUT2D eigenvalue weighted by atomic mass is 10.4. The van der Waals surface area contributed by atoms with Crippen molar-refractivity contribution < 1.29 is 8.76 Å². The highest BCUT2D eigenvalue weighted by Crippen LogP contribution is 1.95. The van der Waals surface area contributed by atoms with Gasteiger partial charge in [0.05, 0.1) is 5.56 Å². The summed E-state index contributed by atoms with van der Waals surface area (Å²) >= 11 is -1.93. The van der Waals surface area contributed by atoms with Crippen molar-refractivity contribution in [3.05, 3.63) is 23.8 Å². The zero-order valence-electron chi connectivity index (χ0n) is 5.97. The third kappa shape index (κ3) is 2.38. The second kappa shape index (κ2) is 3.90. The Labute approximate surface area is 71.4 Å². The van der Waals surface area contributed by atoms with E-state index in [4.69, 9.17) is 9.81 Å². The van der Waals surface area contributed by atoms with Gasteiger partial charge in [-0.1, -0.05) is 0 Å². The van der Waals surface area contributed by atoms with Crippen molar-refractivity contribution >= 4 is 11.1 Å². The SMILES string of the molecule is N#Cc1cnc(CS(=O)O)nc1. The minimum Gasteiger partial charge on any atom is -0.306 e. The largest absolute Gasteiger partial charge is 0.306 e. The highest BCUT2D eigenvalue weighted by molar-refractivity contribution is 7.78. The molecule has 0 aromatic carbocycles. The first-order valence-electron chi connectivity index (χ1n) is 3.01. The molecule has 62 valence electrons. The molecule has 12 heavy (non-hydrogen) atoms. The fourth-order valence-corrected chi connectivity index (χ4v) is 0.967. The second-order valence-corrected chi connectivity index (χ2v) is 2.90. The molecule has 0 aliphatic rings. The van der Waals surface area contributed by atoms with E-state index in [1.807, 2.05) is 6.07 Å². The van der Waals surface area contributed by atoms with E-state index < -0.39 is 11.1 Å². The van der Waals surface area contributed by atoms with Crippen LogP contribution in [0, 0.1) is 11.3 Å². The Kier molecular flexibility index (Phi) is 2.85. The van der Waals surface area contributed by atoms with Crippen LogP contribution in [-0.4, -0.2) is 18.7 Å². The first kappa shape index (κ1) is 8.77. The molecule has 0 aliphatic heterocycles. The first-order chi connectivity index (χ1) is 5.72. The normalized spacial score (nSPS) is 12.0. The summed E-state index contributed by atoms with van der Waals surface area (Å²) in [5, 5.41) is 8.37. The molecule has 0 fully saturated rings. The summed E-state index contributed by atoms with van der Waals surface area (Å²) in [6.07, 6.45) is 2.63. The van der Waals surface area contributed by atoms with Crippen molar-refractivity contribution in [3.8, 4) is 6.07 Å². The summed E-state index contributed by atoms with van der Waals surface area (Å²) in [6.45, 7) is 0. The van der Waals surface area contributed by atoms with E-state index >= 15 is 0 Å². The standard InChI is InChI=1S/C6H5N3O2S/c7-1-5-2-8-6(9-3-5)4-12(10)11/h2-3H,4H2,(H,10,11). The molecule has 0 spiro atoms. The average Bonchev–Trinajstić information content (AvgIpc) is 2.05. The van der Waals surface area contributed by atoms with Gasteiger partial charge >= 0.3 is 0 Å². The number of nitriles is 1. The highest BCUT2D eigenvalue weighted by atomic mass is 32.2. The number of nitrogens with zero attached hydrogens (tertiary/aromatic N) is 3. The van der Waals surface area contributed by atoms with Crippen LogP contribution >= 0.6 is 0 Å². The predicted molar refractivity (Wildman–Crippen MR) is 41.2 cm³/mol. The van der Waals surface area contributed by atoms with Crippen LogP contribution in [0.2, 0.25) is 0 Å². The Morgan fingerprint density at radius 3 is 2.58 bits per heavy atom. The molecule has 1 aromatic heterocycles. The van der Waals surface area contributed by atoms with E-state index in [1.54, 1.807) is 0 Å². The molecule has 1 atom stereocenters. The molecule has 0 aliphatic carbocycles. The smallest absolute Gasteiger partial charge is 0.160 e. The minimum atomic E-state index is -1.93. The minimum absolute atomic E-state index is 0.105. The summed E-state index contributed by atoms with van der Waals surface area (Å²) in [7, 11) is 0. The Bertz CT molecular complexity index is 330. The Balaban J connectivity index is 2.80. The third-order valence-corrected chi connectivity index (χ3v) is 1.59. The molecule has 1 aromatic rings. The molecule has 1 unspecified atom stereocenters. The summed E-state index contributed by atoms with van der Waals surface area (Å²) in [5.74, 6) is 0.154. The predicted octanol–water partition coefficient (Wildman–Crippen LogP) is 0.0700. The van der Waals surface area contributed by atoms with E-state index in [0.717, 1.165) is 0 Å². The van der Waals surface area contributed by atoms with Crippen LogP contribution in [0.25, 0.3) is 0 Å². The lowest BCUT2D eigenvalue weighted by Crippen LogP contribution is -1.99. The van der Waals surface area contributed by atoms with Crippen molar-refractivity contribution in [1.29, 1.82) is 5.26 Å². The lowest BCUT2D eigenvalue weighted by molar-refractivity contribution is 0.562. The molecule has 0 amide bonds. The van der Waals surface area contributed by atoms with Crippen molar-refractivity contribution in [1.82, 2.24) is 9.97 Å². The van der Waals surface area contributed by atoms with Gasteiger partial charge in [-0.05, 0) is 0 Å². The Morgan fingerprint density at radius 1 is 1.58 bits per heavy atom. The van der Waals surface area contributed by atoms with Crippen LogP contribution in [0.4, 0.5) is 0 Å². The van der Waals surface area contributed by atoms with Crippen LogP contribution < -0.4 is 0 Å². The molecule has 1 N–H and O–H groups in total. The topological polar surface area (TPSA) is 86.9 Å². The number of rotatable bonds is 2. The second-order valence-electron chi connectivity index (χ2n) is 1.97. The van der Waals surface area contributed by atoms with E-state index in [-0.39, 0.29) is 11.6 Å². The quantitative estimate of drug-likeness (QED) is 0.655. The van der Waals surface area contributed by atoms with Crippen LogP contribution in [0.15, 0.2) is 12.4 Å². The van der Waals surface area contributed by atoms with Gasteiger partial charge in [-0.15, -0.1) is 0 Å². The molecule has 0 bridgehead atoms. The Morgan fingerprint density at radius 2 is 2.17 bits per heavy atom. The molecule has 0 saturated heterocycles. The summed E-state index contributed by atoms with van der Waals surface area (Å²) in [5.41, 5.74) is 0.336. The van der Waals surface area contributed by atoms with Crippen LogP contribution in [-0.2, 0) is 16.8 Å². The van der Waals surface area contributed by atoms with E-state index in [0.29, 0.717) is 5.56 Å². The highest BCUT2D eigenvalue weighted by Gasteiger charge is 2.00. The van der Waals surface area contributed by atoms with Gasteiger partial charge in [0.1, 0.15) is 17.6 Å². The maximum Gasteiger partial charge on any atom is 0.160 e. The molecular weight excluding hydrogens is 178 g/mol. The number of aromatic nitrogens is 2. The zero-order valence-corrected chi connectivity index (χ0v) is 6.78. The van der Waals surface area contributed by atoms with Gasteiger partial charge in [-0.3, -0.25) is 0 Å². The summed E-state index contributed by atoms with van der Waals surface area (Å²) in [6, 6.07) is 1.84. The molecular formula is C6H5N3O2S. The van der Waals surface area contributed by atoms with Crippen LogP contribution in [0.3, 0.4) is 0 Å². The monoisotopic (exact) mass is 183 g/mol. The zero-order chi connectivity index (χ0) is 8.97. The van der Waals surface area contributed by atoms with Gasteiger partial charge in [-0.2, -0.15) is 5.26 Å². The molecule has 0 radical (unpaired) electrons. The molecule has 1 rings (SSSR count). The van der Waals surface area contributed by atoms with Gasteiger partial charge in [0.25, 0.3) is 0 Å². The van der Waals surface area contributed by atoms with Crippen LogP contribution in [0.5, 0.6) is 0 Å². The average molecular weight is 183 g/mol. The molecule has 1 heterocycles. The fraction of sp³-hybridized carbons (Fsp3) is 0.167. The van der Waals surface area contributed by atoms with E-state index in [9.17, 15) is 4.21 Å². The number of hydrogen-bond acceptors (Lipinski definition) is 4.